The van der Waals surface area contributed by atoms with Crippen LogP contribution in [0.25, 0.3) is 0 Å². The maximum absolute atomic E-state index is 12.0. The quantitative estimate of drug-likeness (QED) is 0.509. The first-order valence-electron chi connectivity index (χ1n) is 7.43. The average molecular weight is 333 g/mol. The topological polar surface area (TPSA) is 72.2 Å². The van der Waals surface area contributed by atoms with Crippen LogP contribution >= 0.6 is 11.6 Å². The predicted octanol–water partition coefficient (Wildman–Crippen LogP) is 3.40. The van der Waals surface area contributed by atoms with E-state index >= 15 is 0 Å². The second-order valence-electron chi connectivity index (χ2n) is 5.31. The van der Waals surface area contributed by atoms with Gasteiger partial charge in [0, 0.05) is 5.02 Å². The van der Waals surface area contributed by atoms with Crippen molar-refractivity contribution < 1.29 is 8.42 Å². The number of hydrogen-bond acceptors (Lipinski definition) is 3. The molecule has 21 heavy (non-hydrogen) atoms. The third-order valence-electron chi connectivity index (χ3n) is 3.22. The highest BCUT2D eigenvalue weighted by Crippen LogP contribution is 2.12. The van der Waals surface area contributed by atoms with Gasteiger partial charge in [-0.25, -0.2) is 8.42 Å². The lowest BCUT2D eigenvalue weighted by molar-refractivity contribution is 0.506. The van der Waals surface area contributed by atoms with E-state index in [1.54, 1.807) is 24.3 Å². The molecule has 0 aliphatic heterocycles. The lowest BCUT2D eigenvalue weighted by atomic mass is 10.1. The summed E-state index contributed by atoms with van der Waals surface area (Å²) < 4.78 is 26.5. The van der Waals surface area contributed by atoms with Gasteiger partial charge in [-0.2, -0.15) is 4.72 Å². The zero-order valence-corrected chi connectivity index (χ0v) is 14.1. The van der Waals surface area contributed by atoms with Gasteiger partial charge in [0.1, 0.15) is 0 Å². The molecule has 0 amide bonds. The highest BCUT2D eigenvalue weighted by atomic mass is 35.5. The van der Waals surface area contributed by atoms with Crippen LogP contribution in [-0.2, 0) is 15.8 Å². The Kier molecular flexibility index (Phi) is 8.26. The molecule has 0 saturated carbocycles. The van der Waals surface area contributed by atoms with Gasteiger partial charge in [-0.05, 0) is 24.1 Å². The Bertz CT molecular complexity index is 503. The van der Waals surface area contributed by atoms with Gasteiger partial charge < -0.3 is 5.73 Å². The Morgan fingerprint density at radius 2 is 1.76 bits per heavy atom. The highest BCUT2D eigenvalue weighted by Gasteiger charge is 2.15. The van der Waals surface area contributed by atoms with Crippen molar-refractivity contribution in [2.75, 3.05) is 0 Å². The van der Waals surface area contributed by atoms with Gasteiger partial charge in [0.15, 0.2) is 0 Å². The van der Waals surface area contributed by atoms with Crippen LogP contribution in [0, 0.1) is 0 Å². The summed E-state index contributed by atoms with van der Waals surface area (Å²) in [5.41, 5.74) is 6.54. The van der Waals surface area contributed by atoms with Crippen molar-refractivity contribution in [3.63, 3.8) is 0 Å². The van der Waals surface area contributed by atoms with Gasteiger partial charge in [0.05, 0.1) is 11.9 Å². The molecule has 1 unspecified atom stereocenters. The molecule has 0 aromatic heterocycles. The van der Waals surface area contributed by atoms with E-state index in [4.69, 9.17) is 17.3 Å². The molecule has 1 rings (SSSR count). The zero-order valence-electron chi connectivity index (χ0n) is 12.5. The summed E-state index contributed by atoms with van der Waals surface area (Å²) in [4.78, 5) is 0. The maximum atomic E-state index is 12.0. The Labute approximate surface area is 133 Å². The van der Waals surface area contributed by atoms with Crippen molar-refractivity contribution in [3.8, 4) is 0 Å². The number of rotatable bonds is 10. The Balaban J connectivity index is 2.35. The standard InChI is InChI=1S/C15H25ClN2O2S/c1-2-3-4-5-6-7-15(17)18-21(19,20)12-13-8-10-14(16)11-9-13/h8-11,15,18H,2-7,12,17H2,1H3. The molecule has 1 aromatic carbocycles. The van der Waals surface area contributed by atoms with E-state index < -0.39 is 16.2 Å². The molecule has 0 fully saturated rings. The second-order valence-corrected chi connectivity index (χ2v) is 7.50. The van der Waals surface area contributed by atoms with Crippen LogP contribution in [0.3, 0.4) is 0 Å². The number of unbranched alkanes of at least 4 members (excludes halogenated alkanes) is 4. The van der Waals surface area contributed by atoms with Crippen LogP contribution in [0.4, 0.5) is 0 Å². The first kappa shape index (κ1) is 18.4. The van der Waals surface area contributed by atoms with Crippen LogP contribution < -0.4 is 10.5 Å². The molecule has 1 aromatic rings. The fourth-order valence-corrected chi connectivity index (χ4v) is 3.52. The van der Waals surface area contributed by atoms with Crippen molar-refractivity contribution in [1.29, 1.82) is 0 Å². The second kappa shape index (κ2) is 9.41. The molecule has 0 bridgehead atoms. The molecule has 0 radical (unpaired) electrons. The summed E-state index contributed by atoms with van der Waals surface area (Å²) in [5, 5.41) is 0.591. The Hall–Kier alpha value is -0.620. The molecule has 4 nitrogen and oxygen atoms in total. The molecule has 0 aliphatic rings. The molecule has 6 heteroatoms. The maximum Gasteiger partial charge on any atom is 0.217 e. The van der Waals surface area contributed by atoms with Gasteiger partial charge in [0.2, 0.25) is 10.0 Å². The van der Waals surface area contributed by atoms with E-state index in [0.29, 0.717) is 17.0 Å². The van der Waals surface area contributed by atoms with Crippen molar-refractivity contribution >= 4 is 21.6 Å². The summed E-state index contributed by atoms with van der Waals surface area (Å²) in [6.45, 7) is 2.16. The van der Waals surface area contributed by atoms with Crippen molar-refractivity contribution in [3.05, 3.63) is 34.9 Å². The highest BCUT2D eigenvalue weighted by molar-refractivity contribution is 7.88. The molecular weight excluding hydrogens is 308 g/mol. The Morgan fingerprint density at radius 3 is 2.38 bits per heavy atom. The zero-order chi connectivity index (χ0) is 15.7. The molecule has 1 atom stereocenters. The summed E-state index contributed by atoms with van der Waals surface area (Å²) in [5.74, 6) is -0.0757. The van der Waals surface area contributed by atoms with E-state index in [0.717, 1.165) is 12.8 Å². The van der Waals surface area contributed by atoms with Gasteiger partial charge in [-0.1, -0.05) is 62.8 Å². The average Bonchev–Trinajstić information content (AvgIpc) is 2.40. The third-order valence-corrected chi connectivity index (χ3v) is 4.85. The van der Waals surface area contributed by atoms with Crippen LogP contribution in [-0.4, -0.2) is 14.6 Å². The largest absolute Gasteiger partial charge is 0.315 e. The lowest BCUT2D eigenvalue weighted by Crippen LogP contribution is -2.41. The summed E-state index contributed by atoms with van der Waals surface area (Å²) in [7, 11) is -3.41. The Morgan fingerprint density at radius 1 is 1.14 bits per heavy atom. The molecule has 0 spiro atoms. The summed E-state index contributed by atoms with van der Waals surface area (Å²) >= 11 is 5.78. The van der Waals surface area contributed by atoms with E-state index in [9.17, 15) is 8.42 Å². The SMILES string of the molecule is CCCCCCCC(N)NS(=O)(=O)Cc1ccc(Cl)cc1. The molecule has 120 valence electrons. The smallest absolute Gasteiger partial charge is 0.217 e. The molecule has 3 N–H and O–H groups in total. The number of hydrogen-bond donors (Lipinski definition) is 2. The van der Waals surface area contributed by atoms with Crippen LogP contribution in [0.15, 0.2) is 24.3 Å². The molecular formula is C15H25ClN2O2S. The monoisotopic (exact) mass is 332 g/mol. The van der Waals surface area contributed by atoms with Crippen LogP contribution in [0.2, 0.25) is 5.02 Å². The minimum absolute atomic E-state index is 0.0757. The third kappa shape index (κ3) is 8.41. The minimum atomic E-state index is -3.41. The van der Waals surface area contributed by atoms with Gasteiger partial charge in [-0.3, -0.25) is 0 Å². The first-order chi connectivity index (χ1) is 9.93. The van der Waals surface area contributed by atoms with Crippen molar-refractivity contribution in [2.45, 2.75) is 57.4 Å². The predicted molar refractivity (Wildman–Crippen MR) is 88.6 cm³/mol. The molecule has 0 aliphatic carbocycles. The number of sulfonamides is 1. The fourth-order valence-electron chi connectivity index (χ4n) is 2.10. The van der Waals surface area contributed by atoms with Gasteiger partial charge in [0.25, 0.3) is 0 Å². The minimum Gasteiger partial charge on any atom is -0.315 e. The van der Waals surface area contributed by atoms with Crippen molar-refractivity contribution in [2.24, 2.45) is 5.73 Å². The molecule has 0 saturated heterocycles. The summed E-state index contributed by atoms with van der Waals surface area (Å²) in [6, 6.07) is 6.77. The molecule has 0 heterocycles. The van der Waals surface area contributed by atoms with Crippen LogP contribution in [0.1, 0.15) is 51.0 Å². The van der Waals surface area contributed by atoms with E-state index in [1.807, 2.05) is 0 Å². The normalized spacial score (nSPS) is 13.3. The number of halogens is 1. The van der Waals surface area contributed by atoms with Gasteiger partial charge >= 0.3 is 0 Å². The first-order valence-corrected chi connectivity index (χ1v) is 9.46. The van der Waals surface area contributed by atoms with E-state index in [-0.39, 0.29) is 5.75 Å². The number of benzene rings is 1. The van der Waals surface area contributed by atoms with E-state index in [2.05, 4.69) is 11.6 Å². The van der Waals surface area contributed by atoms with Crippen molar-refractivity contribution in [1.82, 2.24) is 4.72 Å². The van der Waals surface area contributed by atoms with Crippen LogP contribution in [0.5, 0.6) is 0 Å². The summed E-state index contributed by atoms with van der Waals surface area (Å²) in [6.07, 6.45) is 5.80. The fraction of sp³-hybridized carbons (Fsp3) is 0.600. The number of nitrogens with one attached hydrogen (secondary N) is 1. The lowest BCUT2D eigenvalue weighted by Gasteiger charge is -2.14. The van der Waals surface area contributed by atoms with E-state index in [1.165, 1.54) is 19.3 Å². The van der Waals surface area contributed by atoms with Gasteiger partial charge in [-0.15, -0.1) is 0 Å². The number of nitrogens with two attached hydrogens (primary N) is 1.